The van der Waals surface area contributed by atoms with E-state index in [1.807, 2.05) is 100 Å². The number of carbonyl (C=O) groups excluding carboxylic acids is 2. The minimum Gasteiger partial charge on any atom is -0.422 e. The van der Waals surface area contributed by atoms with Gasteiger partial charge in [-0.1, -0.05) is 78.9 Å². The number of ether oxygens (including phenoxy) is 8. The molecule has 6 unspecified atom stereocenters. The van der Waals surface area contributed by atoms with Gasteiger partial charge in [-0.3, -0.25) is 0 Å². The molecule has 11 heteroatoms. The molecule has 3 heterocycles. The topological polar surface area (TPSA) is 127 Å². The molecule has 0 spiro atoms. The molecule has 1 aromatic heterocycles. The lowest BCUT2D eigenvalue weighted by Crippen LogP contribution is -2.19. The Morgan fingerprint density at radius 2 is 0.879 bits per heavy atom. The summed E-state index contributed by atoms with van der Waals surface area (Å²) in [4.78, 5) is 30.3. The average molecular weight is 788 g/mol. The molecule has 11 nitrogen and oxygen atoms in total. The van der Waals surface area contributed by atoms with Gasteiger partial charge in [0.25, 0.3) is 0 Å². The van der Waals surface area contributed by atoms with Crippen molar-refractivity contribution in [2.24, 2.45) is 0 Å². The molecule has 0 saturated carbocycles. The van der Waals surface area contributed by atoms with Crippen LogP contribution in [0.1, 0.15) is 72.0 Å². The lowest BCUT2D eigenvalue weighted by molar-refractivity contribution is -0.0357. The SMILES string of the molecule is CC(COC(C)c1ccc(-c2ccc(OC(=O)c3cccc(C(=O)Oc4ccc(-c5ccc(C(C)OCC(C)OCC6CO6)cc5)cc4)n3)cc2)cc1)OCC1CO1. The Hall–Kier alpha value is -5.27. The van der Waals surface area contributed by atoms with Gasteiger partial charge >= 0.3 is 11.9 Å². The first-order chi connectivity index (χ1) is 28.2. The zero-order valence-corrected chi connectivity index (χ0v) is 33.2. The maximum absolute atomic E-state index is 13.0. The summed E-state index contributed by atoms with van der Waals surface area (Å²) in [7, 11) is 0. The van der Waals surface area contributed by atoms with Crippen molar-refractivity contribution in [3.05, 3.63) is 138 Å². The second kappa shape index (κ2) is 19.5. The number of hydrogen-bond acceptors (Lipinski definition) is 11. The van der Waals surface area contributed by atoms with E-state index in [2.05, 4.69) is 4.98 Å². The molecule has 5 aromatic rings. The number of aromatic nitrogens is 1. The molecule has 7 rings (SSSR count). The number of hydrogen-bond donors (Lipinski definition) is 0. The maximum Gasteiger partial charge on any atom is 0.362 e. The summed E-state index contributed by atoms with van der Waals surface area (Å²) in [6.45, 7) is 11.8. The molecule has 2 saturated heterocycles. The largest absolute Gasteiger partial charge is 0.422 e. The van der Waals surface area contributed by atoms with Gasteiger partial charge in [0, 0.05) is 0 Å². The Morgan fingerprint density at radius 1 is 0.534 bits per heavy atom. The van der Waals surface area contributed by atoms with Gasteiger partial charge in [-0.15, -0.1) is 0 Å². The van der Waals surface area contributed by atoms with Crippen LogP contribution in [0.25, 0.3) is 22.3 Å². The first-order valence-electron chi connectivity index (χ1n) is 19.7. The van der Waals surface area contributed by atoms with E-state index in [1.54, 1.807) is 30.3 Å². The zero-order valence-electron chi connectivity index (χ0n) is 33.2. The van der Waals surface area contributed by atoms with Gasteiger partial charge in [0.05, 0.1) is 64.1 Å². The van der Waals surface area contributed by atoms with E-state index in [0.717, 1.165) is 46.6 Å². The summed E-state index contributed by atoms with van der Waals surface area (Å²) in [6, 6.07) is 35.2. The van der Waals surface area contributed by atoms with Crippen molar-refractivity contribution in [2.45, 2.75) is 64.3 Å². The first kappa shape index (κ1) is 40.9. The molecule has 0 bridgehead atoms. The Balaban J connectivity index is 0.867. The van der Waals surface area contributed by atoms with E-state index in [-0.39, 0.29) is 48.0 Å². The second-order valence-electron chi connectivity index (χ2n) is 14.6. The summed E-state index contributed by atoms with van der Waals surface area (Å²) in [5.74, 6) is -0.694. The normalized spacial score (nSPS) is 17.8. The van der Waals surface area contributed by atoms with Crippen LogP contribution in [0.3, 0.4) is 0 Å². The molecular weight excluding hydrogens is 739 g/mol. The molecule has 4 aromatic carbocycles. The number of esters is 2. The van der Waals surface area contributed by atoms with Crippen molar-refractivity contribution in [1.82, 2.24) is 4.98 Å². The molecule has 0 amide bonds. The maximum atomic E-state index is 13.0. The predicted octanol–water partition coefficient (Wildman–Crippen LogP) is 8.62. The lowest BCUT2D eigenvalue weighted by atomic mass is 10.0. The monoisotopic (exact) mass is 787 g/mol. The fraction of sp³-hybridized carbons (Fsp3) is 0.340. The minimum atomic E-state index is -0.694. The molecular formula is C47H49NO10. The fourth-order valence-corrected chi connectivity index (χ4v) is 6.02. The number of benzene rings is 4. The van der Waals surface area contributed by atoms with Crippen molar-refractivity contribution >= 4 is 11.9 Å². The van der Waals surface area contributed by atoms with E-state index in [1.165, 1.54) is 12.1 Å². The van der Waals surface area contributed by atoms with Crippen LogP contribution < -0.4 is 9.47 Å². The first-order valence-corrected chi connectivity index (χ1v) is 19.7. The van der Waals surface area contributed by atoms with Crippen LogP contribution in [0.15, 0.2) is 115 Å². The van der Waals surface area contributed by atoms with Gasteiger partial charge in [-0.05, 0) is 97.5 Å². The van der Waals surface area contributed by atoms with Crippen LogP contribution in [0.5, 0.6) is 11.5 Å². The van der Waals surface area contributed by atoms with Crippen molar-refractivity contribution in [2.75, 3.05) is 39.6 Å². The number of epoxide rings is 2. The predicted molar refractivity (Wildman–Crippen MR) is 217 cm³/mol. The summed E-state index contributed by atoms with van der Waals surface area (Å²) in [5, 5.41) is 0. The fourth-order valence-electron chi connectivity index (χ4n) is 6.02. The van der Waals surface area contributed by atoms with E-state index < -0.39 is 11.9 Å². The molecule has 58 heavy (non-hydrogen) atoms. The summed E-state index contributed by atoms with van der Waals surface area (Å²) in [5.41, 5.74) is 6.02. The Bertz CT molecular complexity index is 1950. The summed E-state index contributed by atoms with van der Waals surface area (Å²) >= 11 is 0. The molecule has 2 fully saturated rings. The summed E-state index contributed by atoms with van der Waals surface area (Å²) < 4.78 is 45.1. The van der Waals surface area contributed by atoms with Crippen molar-refractivity contribution in [3.63, 3.8) is 0 Å². The van der Waals surface area contributed by atoms with Crippen molar-refractivity contribution in [1.29, 1.82) is 0 Å². The molecule has 0 N–H and O–H groups in total. The van der Waals surface area contributed by atoms with Crippen LogP contribution in [0.4, 0.5) is 0 Å². The third-order valence-electron chi connectivity index (χ3n) is 9.82. The Morgan fingerprint density at radius 3 is 1.22 bits per heavy atom. The molecule has 6 atom stereocenters. The van der Waals surface area contributed by atoms with Crippen molar-refractivity contribution in [3.8, 4) is 33.8 Å². The quantitative estimate of drug-likeness (QED) is 0.0427. The van der Waals surface area contributed by atoms with Gasteiger partial charge in [0.15, 0.2) is 0 Å². The number of nitrogens with zero attached hydrogens (tertiary/aromatic N) is 1. The highest BCUT2D eigenvalue weighted by molar-refractivity contribution is 5.93. The number of pyridine rings is 1. The highest BCUT2D eigenvalue weighted by Gasteiger charge is 2.24. The average Bonchev–Trinajstić information content (AvgIpc) is 4.21. The van der Waals surface area contributed by atoms with E-state index in [4.69, 9.17) is 37.9 Å². The third kappa shape index (κ3) is 11.9. The van der Waals surface area contributed by atoms with Crippen LogP contribution in [0.2, 0.25) is 0 Å². The van der Waals surface area contributed by atoms with Gasteiger partial charge in [0.2, 0.25) is 0 Å². The zero-order chi connectivity index (χ0) is 40.4. The van der Waals surface area contributed by atoms with E-state index in [9.17, 15) is 9.59 Å². The van der Waals surface area contributed by atoms with Crippen LogP contribution in [0, 0.1) is 0 Å². The number of carbonyl (C=O) groups is 2. The summed E-state index contributed by atoms with van der Waals surface area (Å²) in [6.07, 6.45) is 0.284. The molecule has 2 aliphatic rings. The molecule has 0 aliphatic carbocycles. The standard InChI is InChI=1S/C47H49NO10/c1-30(51-26-42-28-55-42)24-53-32(3)34-8-12-36(13-9-34)38-16-20-40(21-17-38)57-46(49)44-6-5-7-45(48-44)47(50)58-41-22-18-39(19-23-41)37-14-10-35(11-15-37)33(4)54-25-31(2)52-27-43-29-56-43/h5-23,30-33,42-43H,24-29H2,1-4H3. The van der Waals surface area contributed by atoms with Crippen LogP contribution >= 0.6 is 0 Å². The van der Waals surface area contributed by atoms with E-state index in [0.29, 0.717) is 37.9 Å². The highest BCUT2D eigenvalue weighted by Crippen LogP contribution is 2.28. The smallest absolute Gasteiger partial charge is 0.362 e. The Labute approximate surface area is 339 Å². The third-order valence-corrected chi connectivity index (χ3v) is 9.82. The second-order valence-corrected chi connectivity index (χ2v) is 14.6. The van der Waals surface area contributed by atoms with Gasteiger partial charge < -0.3 is 37.9 Å². The molecule has 302 valence electrons. The van der Waals surface area contributed by atoms with Crippen LogP contribution in [-0.2, 0) is 28.4 Å². The molecule has 2 aliphatic heterocycles. The van der Waals surface area contributed by atoms with E-state index >= 15 is 0 Å². The van der Waals surface area contributed by atoms with Gasteiger partial charge in [-0.25, -0.2) is 14.6 Å². The molecule has 0 radical (unpaired) electrons. The highest BCUT2D eigenvalue weighted by atomic mass is 16.6. The van der Waals surface area contributed by atoms with Crippen molar-refractivity contribution < 1.29 is 47.5 Å². The number of rotatable bonds is 20. The van der Waals surface area contributed by atoms with Gasteiger partial charge in [-0.2, -0.15) is 0 Å². The lowest BCUT2D eigenvalue weighted by Gasteiger charge is -2.18. The Kier molecular flexibility index (Phi) is 13.7. The van der Waals surface area contributed by atoms with Crippen LogP contribution in [-0.4, -0.2) is 81.0 Å². The van der Waals surface area contributed by atoms with Gasteiger partial charge in [0.1, 0.15) is 35.1 Å². The minimum absolute atomic E-state index is 0.00881.